The Morgan fingerprint density at radius 3 is 1.64 bits per heavy atom. The second kappa shape index (κ2) is 17.3. The molecule has 4 aromatic rings. The number of carbonyl (C=O) groups is 1. The van der Waals surface area contributed by atoms with Crippen molar-refractivity contribution >= 4 is 60.2 Å². The van der Waals surface area contributed by atoms with E-state index in [0.717, 1.165) is 0 Å². The number of cyclic esters (lactones) is 1. The number of aliphatic hydroxyl groups is 1. The molecular formula is C34H27Cl4F2O9P. The zero-order valence-electron chi connectivity index (χ0n) is 25.7. The van der Waals surface area contributed by atoms with E-state index >= 15 is 0 Å². The maximum atomic E-state index is 15.0. The fraction of sp³-hybridized carbons (Fsp3) is 0.206. The molecule has 0 spiro atoms. The van der Waals surface area contributed by atoms with Crippen LogP contribution in [0.3, 0.4) is 0 Å². The van der Waals surface area contributed by atoms with Crippen molar-refractivity contribution in [1.29, 1.82) is 0 Å². The van der Waals surface area contributed by atoms with Crippen molar-refractivity contribution in [2.24, 2.45) is 0 Å². The van der Waals surface area contributed by atoms with Gasteiger partial charge in [0.2, 0.25) is 5.76 Å². The van der Waals surface area contributed by atoms with Crippen LogP contribution in [-0.4, -0.2) is 29.9 Å². The van der Waals surface area contributed by atoms with Gasteiger partial charge in [0.05, 0.1) is 39.9 Å². The third-order valence-electron chi connectivity index (χ3n) is 7.16. The topological polar surface area (TPSA) is 110 Å². The van der Waals surface area contributed by atoms with E-state index in [4.69, 9.17) is 74.2 Å². The number of aliphatic hydroxyl groups excluding tert-OH is 1. The largest absolute Gasteiger partial charge is 0.485 e. The van der Waals surface area contributed by atoms with E-state index < -0.39 is 69.0 Å². The van der Waals surface area contributed by atoms with Crippen molar-refractivity contribution in [3.63, 3.8) is 0 Å². The monoisotopic (exact) mass is 788 g/mol. The molecule has 1 aliphatic rings. The molecule has 0 amide bonds. The predicted octanol–water partition coefficient (Wildman–Crippen LogP) is 9.37. The summed E-state index contributed by atoms with van der Waals surface area (Å²) in [6.07, 6.45) is -3.34. The van der Waals surface area contributed by atoms with E-state index in [1.54, 1.807) is 60.7 Å². The van der Waals surface area contributed by atoms with E-state index in [0.29, 0.717) is 11.1 Å². The van der Waals surface area contributed by atoms with Gasteiger partial charge in [0.15, 0.2) is 11.9 Å². The van der Waals surface area contributed by atoms with E-state index in [1.807, 2.05) is 0 Å². The standard InChI is InChI=1S/C34H27Cl4F2O9P/c35-24-11-13-26(37)29(39)22(24)18-44-32-31(48-34(42)33(32)45-19-23-25(36)12-14-27(38)30(23)40)28(15-41)49-50(43,46-16-20-7-3-1-4-8-20)47-17-21-9-5-2-6-10-21/h1-14,28,31,41H,15-19H2/t28-,31+/m0/s1. The van der Waals surface area contributed by atoms with Gasteiger partial charge in [-0.05, 0) is 35.4 Å². The van der Waals surface area contributed by atoms with Gasteiger partial charge < -0.3 is 19.3 Å². The van der Waals surface area contributed by atoms with Crippen molar-refractivity contribution in [1.82, 2.24) is 0 Å². The average Bonchev–Trinajstić information content (AvgIpc) is 3.44. The fourth-order valence-electron chi connectivity index (χ4n) is 4.58. The minimum absolute atomic E-state index is 0.0608. The third kappa shape index (κ3) is 9.36. The van der Waals surface area contributed by atoms with E-state index in [9.17, 15) is 23.2 Å². The number of ether oxygens (including phenoxy) is 3. The zero-order valence-corrected chi connectivity index (χ0v) is 29.6. The maximum absolute atomic E-state index is 15.0. The first-order chi connectivity index (χ1) is 24.0. The van der Waals surface area contributed by atoms with Gasteiger partial charge in [-0.1, -0.05) is 107 Å². The average molecular weight is 790 g/mol. The highest BCUT2D eigenvalue weighted by atomic mass is 35.5. The van der Waals surface area contributed by atoms with Gasteiger partial charge in [-0.25, -0.2) is 18.1 Å². The van der Waals surface area contributed by atoms with Crippen LogP contribution in [0.2, 0.25) is 20.1 Å². The molecule has 9 nitrogen and oxygen atoms in total. The lowest BCUT2D eigenvalue weighted by Gasteiger charge is -2.27. The number of halogens is 6. The number of esters is 1. The van der Waals surface area contributed by atoms with Gasteiger partial charge in [0.25, 0.3) is 0 Å². The Morgan fingerprint density at radius 2 is 1.16 bits per heavy atom. The molecule has 0 unspecified atom stereocenters. The van der Waals surface area contributed by atoms with Gasteiger partial charge in [-0.3, -0.25) is 13.6 Å². The number of phosphoric acid groups is 1. The summed E-state index contributed by atoms with van der Waals surface area (Å²) < 4.78 is 77.9. The summed E-state index contributed by atoms with van der Waals surface area (Å²) in [5.41, 5.74) is 0.852. The van der Waals surface area contributed by atoms with Gasteiger partial charge in [-0.2, -0.15) is 0 Å². The van der Waals surface area contributed by atoms with Crippen LogP contribution >= 0.6 is 54.2 Å². The number of hydrogen-bond donors (Lipinski definition) is 1. The van der Waals surface area contributed by atoms with Crippen molar-refractivity contribution in [3.05, 3.63) is 150 Å². The molecule has 0 fully saturated rings. The van der Waals surface area contributed by atoms with Crippen molar-refractivity contribution in [2.75, 3.05) is 6.61 Å². The molecule has 16 heteroatoms. The lowest BCUT2D eigenvalue weighted by atomic mass is 10.1. The number of phosphoric ester groups is 1. The number of benzene rings is 4. The SMILES string of the molecule is O=C1O[C@H]([C@H](CO)OP(=O)(OCc2ccccc2)OCc2ccccc2)C(OCc2c(Cl)ccc(Cl)c2F)=C1OCc1c(Cl)ccc(Cl)c1F. The van der Waals surface area contributed by atoms with E-state index in [2.05, 4.69) is 0 Å². The molecule has 0 aromatic heterocycles. The second-order valence-corrected chi connectivity index (χ2v) is 13.8. The molecule has 50 heavy (non-hydrogen) atoms. The molecule has 5 rings (SSSR count). The van der Waals surface area contributed by atoms with Crippen molar-refractivity contribution < 1.29 is 51.0 Å². The van der Waals surface area contributed by atoms with Crippen LogP contribution in [0.1, 0.15) is 22.3 Å². The van der Waals surface area contributed by atoms with Crippen LogP contribution in [0, 0.1) is 11.6 Å². The van der Waals surface area contributed by atoms with Crippen LogP contribution < -0.4 is 0 Å². The van der Waals surface area contributed by atoms with Crippen molar-refractivity contribution in [3.8, 4) is 0 Å². The Kier molecular flexibility index (Phi) is 13.2. The predicted molar refractivity (Wildman–Crippen MR) is 181 cm³/mol. The Hall–Kier alpha value is -3.22. The molecule has 0 saturated heterocycles. The molecular weight excluding hydrogens is 763 g/mol. The summed E-state index contributed by atoms with van der Waals surface area (Å²) >= 11 is 24.2. The lowest BCUT2D eigenvalue weighted by molar-refractivity contribution is -0.148. The molecule has 1 N–H and O–H groups in total. The highest BCUT2D eigenvalue weighted by Crippen LogP contribution is 2.53. The maximum Gasteiger partial charge on any atom is 0.475 e. The van der Waals surface area contributed by atoms with Gasteiger partial charge in [0, 0.05) is 11.1 Å². The van der Waals surface area contributed by atoms with Crippen LogP contribution in [0.5, 0.6) is 0 Å². The Balaban J connectivity index is 1.47. The summed E-state index contributed by atoms with van der Waals surface area (Å²) in [6.45, 7) is -2.63. The highest BCUT2D eigenvalue weighted by Gasteiger charge is 2.46. The smallest absolute Gasteiger partial charge is 0.475 e. The normalized spacial score (nSPS) is 15.3. The first kappa shape index (κ1) is 38.0. The van der Waals surface area contributed by atoms with Crippen LogP contribution in [0.15, 0.2) is 96.4 Å². The van der Waals surface area contributed by atoms with Crippen LogP contribution in [0.4, 0.5) is 8.78 Å². The molecule has 0 radical (unpaired) electrons. The summed E-state index contributed by atoms with van der Waals surface area (Å²) in [5.74, 6) is -4.01. The van der Waals surface area contributed by atoms with Crippen molar-refractivity contribution in [2.45, 2.75) is 38.6 Å². The Bertz CT molecular complexity index is 1850. The minimum Gasteiger partial charge on any atom is -0.485 e. The molecule has 4 aromatic carbocycles. The first-order valence-corrected chi connectivity index (χ1v) is 17.7. The van der Waals surface area contributed by atoms with Gasteiger partial charge in [-0.15, -0.1) is 0 Å². The molecule has 0 bridgehead atoms. The van der Waals surface area contributed by atoms with E-state index in [1.165, 1.54) is 24.3 Å². The number of rotatable bonds is 16. The van der Waals surface area contributed by atoms with Crippen LogP contribution in [0.25, 0.3) is 0 Å². The fourth-order valence-corrected chi connectivity index (χ4v) is 6.65. The Morgan fingerprint density at radius 1 is 0.700 bits per heavy atom. The third-order valence-corrected chi connectivity index (χ3v) is 9.87. The summed E-state index contributed by atoms with van der Waals surface area (Å²) in [4.78, 5) is 13.2. The number of hydrogen-bond acceptors (Lipinski definition) is 9. The van der Waals surface area contributed by atoms with Gasteiger partial charge >= 0.3 is 13.8 Å². The molecule has 1 aliphatic heterocycles. The molecule has 0 saturated carbocycles. The number of carbonyl (C=O) groups excluding carboxylic acids is 1. The molecule has 1 heterocycles. The Labute approximate surface area is 305 Å². The van der Waals surface area contributed by atoms with Gasteiger partial charge in [0.1, 0.15) is 31.0 Å². The molecule has 2 atom stereocenters. The molecule has 264 valence electrons. The summed E-state index contributed by atoms with van der Waals surface area (Å²) in [6, 6.07) is 22.6. The highest BCUT2D eigenvalue weighted by molar-refractivity contribution is 7.48. The quantitative estimate of drug-likeness (QED) is 0.0675. The lowest BCUT2D eigenvalue weighted by Crippen LogP contribution is -2.35. The second-order valence-electron chi connectivity index (χ2n) is 10.5. The zero-order chi connectivity index (χ0) is 35.8. The first-order valence-electron chi connectivity index (χ1n) is 14.7. The minimum atomic E-state index is -4.57. The summed E-state index contributed by atoms with van der Waals surface area (Å²) in [5, 5.41) is 9.84. The van der Waals surface area contributed by atoms with Crippen LogP contribution in [-0.2, 0) is 63.6 Å². The molecule has 0 aliphatic carbocycles. The summed E-state index contributed by atoms with van der Waals surface area (Å²) in [7, 11) is -4.57. The van der Waals surface area contributed by atoms with E-state index in [-0.39, 0.29) is 44.4 Å².